The third-order valence-corrected chi connectivity index (χ3v) is 7.03. The lowest BCUT2D eigenvalue weighted by Gasteiger charge is -2.47. The molecule has 0 bridgehead atoms. The fourth-order valence-corrected chi connectivity index (χ4v) is 5.03. The third kappa shape index (κ3) is 7.92. The van der Waals surface area contributed by atoms with Crippen LogP contribution < -0.4 is 15.4 Å². The molecule has 1 aromatic heterocycles. The van der Waals surface area contributed by atoms with Crippen LogP contribution in [-0.4, -0.2) is 54.6 Å². The molecule has 0 saturated carbocycles. The van der Waals surface area contributed by atoms with Gasteiger partial charge in [0.25, 0.3) is 0 Å². The van der Waals surface area contributed by atoms with Crippen molar-refractivity contribution in [3.63, 3.8) is 0 Å². The van der Waals surface area contributed by atoms with Gasteiger partial charge in [0.15, 0.2) is 0 Å². The molecule has 1 aliphatic heterocycles. The molecule has 0 radical (unpaired) electrons. The molecule has 0 unspecified atom stereocenters. The van der Waals surface area contributed by atoms with Crippen LogP contribution in [-0.2, 0) is 29.9 Å². The normalized spacial score (nSPS) is 19.7. The Kier molecular flexibility index (Phi) is 8.59. The highest BCUT2D eigenvalue weighted by molar-refractivity contribution is 7.92. The number of sulfonamides is 1. The summed E-state index contributed by atoms with van der Waals surface area (Å²) in [7, 11) is -3.42. The molecule has 3 amide bonds. The van der Waals surface area contributed by atoms with Gasteiger partial charge in [-0.15, -0.1) is 0 Å². The van der Waals surface area contributed by atoms with E-state index >= 15 is 0 Å². The number of hydrogen-bond donors (Lipinski definition) is 3. The largest absolute Gasteiger partial charge is 0.444 e. The van der Waals surface area contributed by atoms with Gasteiger partial charge in [0.2, 0.25) is 10.0 Å². The summed E-state index contributed by atoms with van der Waals surface area (Å²) in [5.74, 6) is -1.02. The maximum absolute atomic E-state index is 13.4. The molecule has 0 spiro atoms. The van der Waals surface area contributed by atoms with Gasteiger partial charge < -0.3 is 15.0 Å². The number of hydrogen-bond acceptors (Lipinski definition) is 7. The van der Waals surface area contributed by atoms with Gasteiger partial charge in [-0.05, 0) is 82.7 Å². The van der Waals surface area contributed by atoms with Crippen molar-refractivity contribution in [3.8, 4) is 0 Å². The molecule has 212 valence electrons. The summed E-state index contributed by atoms with van der Waals surface area (Å²) >= 11 is 0. The Labute approximate surface area is 229 Å². The number of piperidine rings is 1. The van der Waals surface area contributed by atoms with E-state index in [-0.39, 0.29) is 11.7 Å². The third-order valence-electron chi connectivity index (χ3n) is 6.42. The Morgan fingerprint density at radius 1 is 1.10 bits per heavy atom. The number of anilines is 3. The first-order chi connectivity index (χ1) is 18.0. The zero-order valence-corrected chi connectivity index (χ0v) is 24.2. The number of benzene rings is 1. The number of rotatable bonds is 5. The molecule has 1 saturated heterocycles. The van der Waals surface area contributed by atoms with Crippen LogP contribution >= 0.6 is 0 Å². The van der Waals surface area contributed by atoms with Crippen LogP contribution in [0.4, 0.5) is 22.0 Å². The summed E-state index contributed by atoms with van der Waals surface area (Å²) in [6, 6.07) is 8.43. The lowest BCUT2D eigenvalue weighted by Crippen LogP contribution is -2.55. The molecule has 11 nitrogen and oxygen atoms in total. The molecule has 2 heterocycles. The topological polar surface area (TPSA) is 147 Å². The van der Waals surface area contributed by atoms with Crippen molar-refractivity contribution in [1.82, 2.24) is 9.88 Å². The van der Waals surface area contributed by atoms with Gasteiger partial charge >= 0.3 is 17.9 Å². The fraction of sp³-hybridized carbons (Fsp3) is 0.481. The van der Waals surface area contributed by atoms with Gasteiger partial charge in [0, 0.05) is 12.2 Å². The van der Waals surface area contributed by atoms with E-state index in [1.807, 2.05) is 13.8 Å². The Bertz CT molecular complexity index is 1350. The van der Waals surface area contributed by atoms with Crippen LogP contribution in [0.25, 0.3) is 0 Å². The lowest BCUT2D eigenvalue weighted by molar-refractivity contribution is -0.150. The highest BCUT2D eigenvalue weighted by Crippen LogP contribution is 2.39. The van der Waals surface area contributed by atoms with E-state index in [1.54, 1.807) is 62.9 Å². The first kappa shape index (κ1) is 29.9. The molecule has 39 heavy (non-hydrogen) atoms. The monoisotopic (exact) mass is 559 g/mol. The minimum Gasteiger partial charge on any atom is -0.444 e. The molecule has 12 heteroatoms. The summed E-state index contributed by atoms with van der Waals surface area (Å²) in [5, 5.41) is 5.20. The smallest absolute Gasteiger partial charge is 0.413 e. The number of carbonyl (C=O) groups excluding carboxylic acids is 3. The number of ether oxygens (including phenoxy) is 1. The number of aromatic nitrogens is 1. The van der Waals surface area contributed by atoms with Crippen LogP contribution in [0.2, 0.25) is 0 Å². The van der Waals surface area contributed by atoms with E-state index in [2.05, 4.69) is 20.3 Å². The SMILES string of the molecule is Cc1cc(NC(=O)C(=O)N2C[C@@H](C)CC[C@@]2(C)c2ccc(NS(C)(=O)=O)cc2)cnc1NC(=O)OC(C)(C)C. The zero-order valence-electron chi connectivity index (χ0n) is 23.4. The molecule has 3 rings (SSSR count). The molecule has 1 aliphatic rings. The van der Waals surface area contributed by atoms with E-state index in [4.69, 9.17) is 4.74 Å². The molecular weight excluding hydrogens is 522 g/mol. The molecule has 0 aliphatic carbocycles. The van der Waals surface area contributed by atoms with Crippen LogP contribution in [0.5, 0.6) is 0 Å². The number of nitrogens with one attached hydrogen (secondary N) is 3. The van der Waals surface area contributed by atoms with Crippen molar-refractivity contribution in [2.45, 2.75) is 65.5 Å². The lowest BCUT2D eigenvalue weighted by atomic mass is 9.79. The molecule has 1 fully saturated rings. The standard InChI is InChI=1S/C27H37N5O6S/c1-17-12-13-27(6,19-8-10-20(11-9-19)31-39(7,36)37)32(16-17)24(34)23(33)29-21-14-18(2)22(28-15-21)30-25(35)38-26(3,4)5/h8-11,14-15,17,31H,12-13,16H2,1-7H3,(H,29,33)(H,28,30,35)/t17-,27-/m0/s1. The highest BCUT2D eigenvalue weighted by atomic mass is 32.2. The molecule has 3 N–H and O–H groups in total. The Balaban J connectivity index is 1.76. The van der Waals surface area contributed by atoms with Gasteiger partial charge in [-0.3, -0.25) is 19.6 Å². The molecule has 2 aromatic rings. The van der Waals surface area contributed by atoms with Gasteiger partial charge in [0.05, 0.1) is 23.7 Å². The first-order valence-corrected chi connectivity index (χ1v) is 14.5. The average Bonchev–Trinajstić information content (AvgIpc) is 2.80. The summed E-state index contributed by atoms with van der Waals surface area (Å²) in [6.07, 6.45) is 3.28. The number of amides is 3. The van der Waals surface area contributed by atoms with Crippen molar-refractivity contribution in [2.75, 3.05) is 28.2 Å². The average molecular weight is 560 g/mol. The van der Waals surface area contributed by atoms with Crippen molar-refractivity contribution < 1.29 is 27.5 Å². The number of likely N-dealkylation sites (tertiary alicyclic amines) is 1. The number of aryl methyl sites for hydroxylation is 1. The van der Waals surface area contributed by atoms with E-state index in [0.717, 1.165) is 18.2 Å². The minimum absolute atomic E-state index is 0.197. The zero-order chi connectivity index (χ0) is 29.2. The number of pyridine rings is 1. The minimum atomic E-state index is -3.42. The summed E-state index contributed by atoms with van der Waals surface area (Å²) in [4.78, 5) is 44.4. The maximum atomic E-state index is 13.4. The second-order valence-electron chi connectivity index (χ2n) is 11.3. The van der Waals surface area contributed by atoms with Crippen molar-refractivity contribution >= 4 is 45.1 Å². The quantitative estimate of drug-likeness (QED) is 0.465. The second kappa shape index (κ2) is 11.2. The molecular formula is C27H37N5O6S. The second-order valence-corrected chi connectivity index (χ2v) is 13.0. The van der Waals surface area contributed by atoms with Gasteiger partial charge in [-0.1, -0.05) is 19.1 Å². The Hall–Kier alpha value is -3.67. The van der Waals surface area contributed by atoms with Gasteiger partial charge in [0.1, 0.15) is 11.4 Å². The van der Waals surface area contributed by atoms with Crippen molar-refractivity contribution in [3.05, 3.63) is 47.7 Å². The van der Waals surface area contributed by atoms with Gasteiger partial charge in [-0.2, -0.15) is 0 Å². The summed E-state index contributed by atoms with van der Waals surface area (Å²) in [5.41, 5.74) is 0.664. The molecule has 1 aromatic carbocycles. The fourth-order valence-electron chi connectivity index (χ4n) is 4.47. The first-order valence-electron chi connectivity index (χ1n) is 12.6. The summed E-state index contributed by atoms with van der Waals surface area (Å²) < 4.78 is 30.8. The Morgan fingerprint density at radius 2 is 1.74 bits per heavy atom. The highest BCUT2D eigenvalue weighted by Gasteiger charge is 2.43. The van der Waals surface area contributed by atoms with E-state index in [0.29, 0.717) is 29.9 Å². The van der Waals surface area contributed by atoms with Crippen LogP contribution in [0.3, 0.4) is 0 Å². The van der Waals surface area contributed by atoms with E-state index in [1.165, 1.54) is 6.20 Å². The predicted molar refractivity (Wildman–Crippen MR) is 150 cm³/mol. The van der Waals surface area contributed by atoms with E-state index < -0.39 is 39.1 Å². The van der Waals surface area contributed by atoms with Crippen LogP contribution in [0.1, 0.15) is 58.6 Å². The Morgan fingerprint density at radius 3 is 2.31 bits per heavy atom. The van der Waals surface area contributed by atoms with Gasteiger partial charge in [-0.25, -0.2) is 18.2 Å². The molecule has 2 atom stereocenters. The van der Waals surface area contributed by atoms with Crippen LogP contribution in [0, 0.1) is 12.8 Å². The van der Waals surface area contributed by atoms with Crippen molar-refractivity contribution in [2.24, 2.45) is 5.92 Å². The van der Waals surface area contributed by atoms with Crippen LogP contribution in [0.15, 0.2) is 36.5 Å². The van der Waals surface area contributed by atoms with Crippen molar-refractivity contribution in [1.29, 1.82) is 0 Å². The summed E-state index contributed by atoms with van der Waals surface area (Å²) in [6.45, 7) is 11.3. The maximum Gasteiger partial charge on any atom is 0.413 e. The van der Waals surface area contributed by atoms with E-state index in [9.17, 15) is 22.8 Å². The number of nitrogens with zero attached hydrogens (tertiary/aromatic N) is 2. The predicted octanol–water partition coefficient (Wildman–Crippen LogP) is 4.22. The number of carbonyl (C=O) groups is 3.